The Balaban J connectivity index is 2.07. The van der Waals surface area contributed by atoms with Gasteiger partial charge in [0.15, 0.2) is 5.58 Å². The maximum absolute atomic E-state index is 6.33. The van der Waals surface area contributed by atoms with Gasteiger partial charge in [-0.3, -0.25) is 0 Å². The van der Waals surface area contributed by atoms with Crippen molar-refractivity contribution in [3.05, 3.63) is 47.0 Å². The lowest BCUT2D eigenvalue weighted by Crippen LogP contribution is -1.98. The number of alkyl halides is 1. The van der Waals surface area contributed by atoms with Crippen molar-refractivity contribution in [2.24, 2.45) is 0 Å². The van der Waals surface area contributed by atoms with E-state index in [1.54, 1.807) is 0 Å². The average Bonchev–Trinajstić information content (AvgIpc) is 2.92. The van der Waals surface area contributed by atoms with Gasteiger partial charge < -0.3 is 9.26 Å². The third-order valence-electron chi connectivity index (χ3n) is 3.20. The number of hydrogen-bond donors (Lipinski definition) is 0. The van der Waals surface area contributed by atoms with E-state index in [-0.39, 0.29) is 0 Å². The fourth-order valence-electron chi connectivity index (χ4n) is 2.13. The minimum Gasteiger partial charge on any atom is -0.491 e. The highest BCUT2D eigenvalue weighted by atomic mass is 79.9. The molecule has 0 N–H and O–H groups in total. The molecule has 0 atom stereocenters. The Kier molecular flexibility index (Phi) is 4.17. The van der Waals surface area contributed by atoms with Gasteiger partial charge in [0, 0.05) is 10.9 Å². The van der Waals surface area contributed by atoms with Crippen LogP contribution >= 0.6 is 27.5 Å². The molecule has 0 unspecified atom stereocenters. The number of aromatic nitrogens is 1. The summed E-state index contributed by atoms with van der Waals surface area (Å²) in [4.78, 5) is 0. The lowest BCUT2D eigenvalue weighted by atomic mass is 10.1. The van der Waals surface area contributed by atoms with E-state index < -0.39 is 0 Å². The third-order valence-corrected chi connectivity index (χ3v) is 3.89. The Bertz CT molecular complexity index is 768. The minimum absolute atomic E-state index is 0.458. The van der Waals surface area contributed by atoms with Crippen molar-refractivity contribution < 1.29 is 9.26 Å². The molecule has 0 aliphatic carbocycles. The van der Waals surface area contributed by atoms with E-state index in [4.69, 9.17) is 20.9 Å². The summed E-state index contributed by atoms with van der Waals surface area (Å²) in [5, 5.41) is 6.24. The first kappa shape index (κ1) is 14.4. The van der Waals surface area contributed by atoms with Crippen molar-refractivity contribution in [2.75, 3.05) is 11.9 Å². The molecule has 5 heteroatoms. The number of ether oxygens (including phenoxy) is 1. The van der Waals surface area contributed by atoms with Gasteiger partial charge in [0.1, 0.15) is 16.5 Å². The van der Waals surface area contributed by atoms with E-state index in [0.29, 0.717) is 23.0 Å². The lowest BCUT2D eigenvalue weighted by Gasteiger charge is -2.05. The van der Waals surface area contributed by atoms with Crippen LogP contribution in [0.2, 0.25) is 5.02 Å². The van der Waals surface area contributed by atoms with Crippen LogP contribution in [0.1, 0.15) is 5.56 Å². The molecule has 21 heavy (non-hydrogen) atoms. The molecule has 0 radical (unpaired) electrons. The lowest BCUT2D eigenvalue weighted by molar-refractivity contribution is 0.344. The van der Waals surface area contributed by atoms with E-state index in [2.05, 4.69) is 28.0 Å². The van der Waals surface area contributed by atoms with Gasteiger partial charge in [-0.05, 0) is 19.1 Å². The fourth-order valence-corrected chi connectivity index (χ4v) is 2.55. The zero-order valence-corrected chi connectivity index (χ0v) is 13.7. The fraction of sp³-hybridized carbons (Fsp3) is 0.188. The van der Waals surface area contributed by atoms with E-state index in [0.717, 1.165) is 22.0 Å². The molecular formula is C16H13BrClNO2. The Hall–Kier alpha value is -1.52. The summed E-state index contributed by atoms with van der Waals surface area (Å²) in [5.74, 6) is 0.607. The van der Waals surface area contributed by atoms with E-state index >= 15 is 0 Å². The van der Waals surface area contributed by atoms with Crippen LogP contribution in [0.15, 0.2) is 40.9 Å². The molecule has 0 aliphatic rings. The maximum atomic E-state index is 6.33. The van der Waals surface area contributed by atoms with Crippen molar-refractivity contribution in [1.82, 2.24) is 5.16 Å². The van der Waals surface area contributed by atoms with Crippen molar-refractivity contribution in [3.63, 3.8) is 0 Å². The Morgan fingerprint density at radius 3 is 2.67 bits per heavy atom. The Morgan fingerprint density at radius 2 is 1.95 bits per heavy atom. The van der Waals surface area contributed by atoms with Gasteiger partial charge >= 0.3 is 0 Å². The summed E-state index contributed by atoms with van der Waals surface area (Å²) in [6.07, 6.45) is 0. The molecule has 0 spiro atoms. The van der Waals surface area contributed by atoms with E-state index in [9.17, 15) is 0 Å². The molecule has 1 aromatic heterocycles. The molecule has 0 saturated carbocycles. The minimum atomic E-state index is 0.458. The van der Waals surface area contributed by atoms with E-state index in [1.807, 2.05) is 36.4 Å². The third kappa shape index (κ3) is 2.78. The van der Waals surface area contributed by atoms with Gasteiger partial charge in [-0.25, -0.2) is 0 Å². The Morgan fingerprint density at radius 1 is 1.19 bits per heavy atom. The second-order valence-electron chi connectivity index (χ2n) is 4.69. The predicted molar refractivity (Wildman–Crippen MR) is 88.5 cm³/mol. The van der Waals surface area contributed by atoms with Crippen LogP contribution in [-0.2, 0) is 0 Å². The molecule has 0 saturated heterocycles. The molecule has 0 aliphatic heterocycles. The standard InChI is InChI=1S/C16H13BrClNO2/c1-10-2-4-11(5-3-10)15-12-6-7-13(20-9-8-17)14(18)16(12)21-19-15/h2-7H,8-9H2,1H3. The summed E-state index contributed by atoms with van der Waals surface area (Å²) in [5.41, 5.74) is 3.55. The first-order valence-electron chi connectivity index (χ1n) is 6.54. The molecule has 0 fully saturated rings. The highest BCUT2D eigenvalue weighted by Gasteiger charge is 2.16. The van der Waals surface area contributed by atoms with Crippen LogP contribution in [0.25, 0.3) is 22.2 Å². The SMILES string of the molecule is Cc1ccc(-c2noc3c(Cl)c(OCCBr)ccc23)cc1. The van der Waals surface area contributed by atoms with Gasteiger partial charge in [-0.15, -0.1) is 0 Å². The maximum Gasteiger partial charge on any atom is 0.189 e. The van der Waals surface area contributed by atoms with Crippen LogP contribution in [0, 0.1) is 6.92 Å². The number of nitrogens with zero attached hydrogens (tertiary/aromatic N) is 1. The zero-order chi connectivity index (χ0) is 14.8. The van der Waals surface area contributed by atoms with Crippen LogP contribution in [0.5, 0.6) is 5.75 Å². The van der Waals surface area contributed by atoms with E-state index in [1.165, 1.54) is 5.56 Å². The van der Waals surface area contributed by atoms with Crippen LogP contribution in [-0.4, -0.2) is 17.1 Å². The number of benzene rings is 2. The highest BCUT2D eigenvalue weighted by Crippen LogP contribution is 2.37. The second-order valence-corrected chi connectivity index (χ2v) is 5.86. The zero-order valence-electron chi connectivity index (χ0n) is 11.4. The van der Waals surface area contributed by atoms with Crippen LogP contribution in [0.3, 0.4) is 0 Å². The van der Waals surface area contributed by atoms with Crippen molar-refractivity contribution in [3.8, 4) is 17.0 Å². The molecule has 108 valence electrons. The first-order chi connectivity index (χ1) is 10.2. The van der Waals surface area contributed by atoms with Gasteiger partial charge in [0.2, 0.25) is 0 Å². The molecule has 0 amide bonds. The van der Waals surface area contributed by atoms with Gasteiger partial charge in [0.25, 0.3) is 0 Å². The highest BCUT2D eigenvalue weighted by molar-refractivity contribution is 9.09. The first-order valence-corrected chi connectivity index (χ1v) is 8.04. The number of aryl methyl sites for hydroxylation is 1. The van der Waals surface area contributed by atoms with Crippen molar-refractivity contribution in [1.29, 1.82) is 0 Å². The average molecular weight is 367 g/mol. The van der Waals surface area contributed by atoms with Crippen LogP contribution < -0.4 is 4.74 Å². The molecule has 3 nitrogen and oxygen atoms in total. The summed E-state index contributed by atoms with van der Waals surface area (Å²) in [6.45, 7) is 2.60. The molecule has 3 aromatic rings. The smallest absolute Gasteiger partial charge is 0.189 e. The van der Waals surface area contributed by atoms with Gasteiger partial charge in [-0.2, -0.15) is 0 Å². The molecule has 3 rings (SSSR count). The van der Waals surface area contributed by atoms with Gasteiger partial charge in [-0.1, -0.05) is 62.5 Å². The molecular weight excluding hydrogens is 354 g/mol. The van der Waals surface area contributed by atoms with Gasteiger partial charge in [0.05, 0.1) is 12.0 Å². The number of hydrogen-bond acceptors (Lipinski definition) is 3. The predicted octanol–water partition coefficient (Wildman–Crippen LogP) is 5.23. The molecule has 2 aromatic carbocycles. The van der Waals surface area contributed by atoms with Crippen LogP contribution in [0.4, 0.5) is 0 Å². The van der Waals surface area contributed by atoms with Crippen molar-refractivity contribution >= 4 is 38.5 Å². The van der Waals surface area contributed by atoms with Crippen molar-refractivity contribution in [2.45, 2.75) is 6.92 Å². The quantitative estimate of drug-likeness (QED) is 0.593. The number of fused-ring (bicyclic) bond motifs is 1. The summed E-state index contributed by atoms with van der Waals surface area (Å²) in [6, 6.07) is 11.9. The normalized spacial score (nSPS) is 11.0. The summed E-state index contributed by atoms with van der Waals surface area (Å²) in [7, 11) is 0. The number of rotatable bonds is 4. The molecule has 0 bridgehead atoms. The largest absolute Gasteiger partial charge is 0.491 e. The Labute approximate surface area is 136 Å². The molecule has 1 heterocycles. The summed E-state index contributed by atoms with van der Waals surface area (Å²) < 4.78 is 11.0. The summed E-state index contributed by atoms with van der Waals surface area (Å²) >= 11 is 9.65. The number of halogens is 2. The second kappa shape index (κ2) is 6.08. The topological polar surface area (TPSA) is 35.3 Å². The monoisotopic (exact) mass is 365 g/mol.